The summed E-state index contributed by atoms with van der Waals surface area (Å²) in [7, 11) is -3.62. The second-order valence-corrected chi connectivity index (χ2v) is 6.36. The molecule has 1 heterocycles. The summed E-state index contributed by atoms with van der Waals surface area (Å²) in [5, 5.41) is 3.63. The number of aryl methyl sites for hydroxylation is 1. The summed E-state index contributed by atoms with van der Waals surface area (Å²) >= 11 is 4.89. The lowest BCUT2D eigenvalue weighted by Crippen LogP contribution is -2.23. The van der Waals surface area contributed by atoms with E-state index >= 15 is 0 Å². The maximum absolute atomic E-state index is 12.1. The van der Waals surface area contributed by atoms with E-state index in [0.717, 1.165) is 0 Å². The van der Waals surface area contributed by atoms with Crippen molar-refractivity contribution in [3.8, 4) is 0 Å². The summed E-state index contributed by atoms with van der Waals surface area (Å²) in [5.74, 6) is 0. The molecule has 0 amide bonds. The van der Waals surface area contributed by atoms with E-state index in [9.17, 15) is 8.42 Å². The summed E-state index contributed by atoms with van der Waals surface area (Å²) in [6.07, 6.45) is 1.38. The molecule has 0 radical (unpaired) electrons. The van der Waals surface area contributed by atoms with E-state index in [1.807, 2.05) is 0 Å². The molecule has 6 nitrogen and oxygen atoms in total. The van der Waals surface area contributed by atoms with Crippen LogP contribution in [-0.4, -0.2) is 18.6 Å². The van der Waals surface area contributed by atoms with Crippen molar-refractivity contribution in [2.75, 3.05) is 0 Å². The average molecular weight is 311 g/mol. The number of nitrogens with one attached hydrogen (secondary N) is 1. The van der Waals surface area contributed by atoms with Crippen molar-refractivity contribution in [2.45, 2.75) is 18.4 Å². The number of rotatable bonds is 5. The van der Waals surface area contributed by atoms with Gasteiger partial charge in [-0.2, -0.15) is 0 Å². The van der Waals surface area contributed by atoms with E-state index in [0.29, 0.717) is 16.8 Å². The van der Waals surface area contributed by atoms with Crippen molar-refractivity contribution in [1.29, 1.82) is 0 Å². The van der Waals surface area contributed by atoms with Crippen molar-refractivity contribution in [3.05, 3.63) is 47.3 Å². The Labute approximate surface area is 122 Å². The molecule has 1 aromatic carbocycles. The van der Waals surface area contributed by atoms with Gasteiger partial charge in [0.25, 0.3) is 0 Å². The van der Waals surface area contributed by atoms with Gasteiger partial charge in [0.1, 0.15) is 11.3 Å². The molecule has 8 heteroatoms. The van der Waals surface area contributed by atoms with Gasteiger partial charge in [-0.15, -0.1) is 0 Å². The van der Waals surface area contributed by atoms with Gasteiger partial charge in [-0.3, -0.25) is 0 Å². The topological polar surface area (TPSA) is 98.2 Å². The zero-order valence-corrected chi connectivity index (χ0v) is 12.3. The van der Waals surface area contributed by atoms with E-state index in [1.165, 1.54) is 18.4 Å². The summed E-state index contributed by atoms with van der Waals surface area (Å²) in [6.45, 7) is 1.82. The van der Waals surface area contributed by atoms with Crippen molar-refractivity contribution in [1.82, 2.24) is 9.88 Å². The van der Waals surface area contributed by atoms with Crippen molar-refractivity contribution in [2.24, 2.45) is 5.73 Å². The average Bonchev–Trinajstić information content (AvgIpc) is 2.89. The van der Waals surface area contributed by atoms with E-state index < -0.39 is 10.0 Å². The zero-order chi connectivity index (χ0) is 14.8. The molecular weight excluding hydrogens is 298 g/mol. The Morgan fingerprint density at radius 1 is 1.45 bits per heavy atom. The highest BCUT2D eigenvalue weighted by Gasteiger charge is 2.16. The lowest BCUT2D eigenvalue weighted by Gasteiger charge is -2.08. The van der Waals surface area contributed by atoms with Gasteiger partial charge in [-0.1, -0.05) is 23.4 Å². The highest BCUT2D eigenvalue weighted by molar-refractivity contribution is 7.89. The first kappa shape index (κ1) is 14.6. The molecule has 0 spiro atoms. The standard InChI is InChI=1S/C12H13N3O3S2/c1-8-6-10(2-3-11(8)12(13)19)20(16,17)14-7-9-4-5-18-15-9/h2-6,14H,7H2,1H3,(H2,13,19). The lowest BCUT2D eigenvalue weighted by molar-refractivity contribution is 0.411. The second kappa shape index (κ2) is 5.70. The van der Waals surface area contributed by atoms with E-state index in [4.69, 9.17) is 18.0 Å². The van der Waals surface area contributed by atoms with Crippen LogP contribution in [0.1, 0.15) is 16.8 Å². The normalized spacial score (nSPS) is 11.4. The number of hydrogen-bond donors (Lipinski definition) is 2. The smallest absolute Gasteiger partial charge is 0.240 e. The third-order valence-electron chi connectivity index (χ3n) is 2.71. The largest absolute Gasteiger partial charge is 0.389 e. The summed E-state index contributed by atoms with van der Waals surface area (Å²) in [5.41, 5.74) is 7.42. The van der Waals surface area contributed by atoms with Gasteiger partial charge in [0.05, 0.1) is 17.1 Å². The molecule has 3 N–H and O–H groups in total. The van der Waals surface area contributed by atoms with Gasteiger partial charge >= 0.3 is 0 Å². The summed E-state index contributed by atoms with van der Waals surface area (Å²) in [6, 6.07) is 6.18. The Kier molecular flexibility index (Phi) is 4.17. The van der Waals surface area contributed by atoms with Crippen LogP contribution in [0.4, 0.5) is 0 Å². The van der Waals surface area contributed by atoms with Crippen molar-refractivity contribution < 1.29 is 12.9 Å². The predicted molar refractivity (Wildman–Crippen MR) is 77.6 cm³/mol. The third-order valence-corrected chi connectivity index (χ3v) is 4.33. The van der Waals surface area contributed by atoms with Crippen LogP contribution in [0.15, 0.2) is 39.9 Å². The first-order valence-corrected chi connectivity index (χ1v) is 7.58. The van der Waals surface area contributed by atoms with E-state index in [2.05, 4.69) is 14.4 Å². The predicted octanol–water partition coefficient (Wildman–Crippen LogP) is 1.10. The maximum atomic E-state index is 12.1. The highest BCUT2D eigenvalue weighted by Crippen LogP contribution is 2.15. The van der Waals surface area contributed by atoms with Crippen LogP contribution in [0.5, 0.6) is 0 Å². The minimum Gasteiger partial charge on any atom is -0.389 e. The molecule has 0 aliphatic rings. The number of hydrogen-bond acceptors (Lipinski definition) is 5. The first-order valence-electron chi connectivity index (χ1n) is 5.69. The van der Waals surface area contributed by atoms with E-state index in [-0.39, 0.29) is 16.4 Å². The van der Waals surface area contributed by atoms with Crippen LogP contribution in [0.2, 0.25) is 0 Å². The lowest BCUT2D eigenvalue weighted by atomic mass is 10.1. The monoisotopic (exact) mass is 311 g/mol. The Morgan fingerprint density at radius 2 is 2.20 bits per heavy atom. The van der Waals surface area contributed by atoms with Crippen LogP contribution in [-0.2, 0) is 16.6 Å². The summed E-state index contributed by atoms with van der Waals surface area (Å²) < 4.78 is 31.3. The minimum atomic E-state index is -3.62. The fraction of sp³-hybridized carbons (Fsp3) is 0.167. The molecule has 0 unspecified atom stereocenters. The number of aromatic nitrogens is 1. The zero-order valence-electron chi connectivity index (χ0n) is 10.7. The van der Waals surface area contributed by atoms with Crippen LogP contribution in [0, 0.1) is 6.92 Å². The quantitative estimate of drug-likeness (QED) is 0.802. The van der Waals surface area contributed by atoms with Crippen molar-refractivity contribution in [3.63, 3.8) is 0 Å². The Morgan fingerprint density at radius 3 is 2.75 bits per heavy atom. The fourth-order valence-corrected chi connectivity index (χ4v) is 2.97. The molecule has 20 heavy (non-hydrogen) atoms. The van der Waals surface area contributed by atoms with Crippen molar-refractivity contribution >= 4 is 27.2 Å². The summed E-state index contributed by atoms with van der Waals surface area (Å²) in [4.78, 5) is 0.389. The van der Waals surface area contributed by atoms with Crippen LogP contribution >= 0.6 is 12.2 Å². The molecule has 0 saturated carbocycles. The number of nitrogens with zero attached hydrogens (tertiary/aromatic N) is 1. The van der Waals surface area contributed by atoms with Crippen LogP contribution in [0.25, 0.3) is 0 Å². The molecule has 0 saturated heterocycles. The van der Waals surface area contributed by atoms with E-state index in [1.54, 1.807) is 19.1 Å². The Balaban J connectivity index is 2.21. The maximum Gasteiger partial charge on any atom is 0.240 e. The third kappa shape index (κ3) is 3.21. The molecule has 0 bridgehead atoms. The SMILES string of the molecule is Cc1cc(S(=O)(=O)NCc2ccon2)ccc1C(N)=S. The Hall–Kier alpha value is -1.77. The van der Waals surface area contributed by atoms with Gasteiger partial charge in [0.2, 0.25) is 10.0 Å². The molecule has 2 rings (SSSR count). The van der Waals surface area contributed by atoms with Gasteiger partial charge < -0.3 is 10.3 Å². The van der Waals surface area contributed by atoms with Crippen LogP contribution < -0.4 is 10.5 Å². The fourth-order valence-electron chi connectivity index (χ4n) is 1.66. The number of benzene rings is 1. The molecular formula is C12H13N3O3S2. The molecule has 106 valence electrons. The second-order valence-electron chi connectivity index (χ2n) is 4.16. The molecule has 1 aromatic heterocycles. The van der Waals surface area contributed by atoms with Gasteiger partial charge in [0, 0.05) is 11.6 Å². The molecule has 2 aromatic rings. The number of nitrogens with two attached hydrogens (primary N) is 1. The number of thiocarbonyl (C=S) groups is 1. The Bertz CT molecular complexity index is 724. The first-order chi connectivity index (χ1) is 9.40. The number of sulfonamides is 1. The van der Waals surface area contributed by atoms with Gasteiger partial charge in [-0.05, 0) is 24.6 Å². The highest BCUT2D eigenvalue weighted by atomic mass is 32.2. The molecule has 0 atom stereocenters. The van der Waals surface area contributed by atoms with Gasteiger partial charge in [0.15, 0.2) is 0 Å². The molecule has 0 fully saturated rings. The molecule has 0 aliphatic carbocycles. The molecule has 0 aliphatic heterocycles. The minimum absolute atomic E-state index is 0.0644. The van der Waals surface area contributed by atoms with Crippen LogP contribution in [0.3, 0.4) is 0 Å². The van der Waals surface area contributed by atoms with Gasteiger partial charge in [-0.25, -0.2) is 13.1 Å².